The van der Waals surface area contributed by atoms with Crippen LogP contribution in [0.25, 0.3) is 11.2 Å². The molecule has 3 rings (SSSR count). The van der Waals surface area contributed by atoms with Crippen molar-refractivity contribution in [2.75, 3.05) is 0 Å². The molecule has 76 valence electrons. The van der Waals surface area contributed by atoms with Gasteiger partial charge in [-0.1, -0.05) is 0 Å². The van der Waals surface area contributed by atoms with Crippen LogP contribution in [0.5, 0.6) is 0 Å². The Labute approximate surface area is 90.6 Å². The Morgan fingerprint density at radius 2 is 2.13 bits per heavy atom. The highest BCUT2D eigenvalue weighted by atomic mass is 32.1. The Bertz CT molecular complexity index is 499. The summed E-state index contributed by atoms with van der Waals surface area (Å²) < 4.78 is 0. The normalized spacial score (nSPS) is 9.67. The van der Waals surface area contributed by atoms with E-state index in [0.717, 1.165) is 5.52 Å². The Morgan fingerprint density at radius 1 is 1.20 bits per heavy atom. The number of hydrogen-bond donors (Lipinski definition) is 3. The van der Waals surface area contributed by atoms with E-state index in [1.165, 1.54) is 0 Å². The molecule has 0 aliphatic carbocycles. The van der Waals surface area contributed by atoms with E-state index in [4.69, 9.17) is 0 Å². The van der Waals surface area contributed by atoms with Crippen molar-refractivity contribution in [1.29, 1.82) is 0 Å². The van der Waals surface area contributed by atoms with Gasteiger partial charge in [-0.3, -0.25) is 0 Å². The van der Waals surface area contributed by atoms with Gasteiger partial charge in [0.15, 0.2) is 10.8 Å². The summed E-state index contributed by atoms with van der Waals surface area (Å²) >= 11 is 3.96. The maximum atomic E-state index is 3.96. The third-order valence-electron chi connectivity index (χ3n) is 1.57. The summed E-state index contributed by atoms with van der Waals surface area (Å²) in [4.78, 5) is 21.0. The van der Waals surface area contributed by atoms with E-state index in [-0.39, 0.29) is 0 Å². The Hall–Kier alpha value is -1.89. The van der Waals surface area contributed by atoms with Gasteiger partial charge in [0.2, 0.25) is 0 Å². The number of thiol groups is 1. The van der Waals surface area contributed by atoms with Crippen LogP contribution < -0.4 is 0 Å². The van der Waals surface area contributed by atoms with E-state index >= 15 is 0 Å². The smallest absolute Gasteiger partial charge is 0.186 e. The van der Waals surface area contributed by atoms with Gasteiger partial charge in [0.25, 0.3) is 0 Å². The van der Waals surface area contributed by atoms with E-state index in [9.17, 15) is 0 Å². The highest BCUT2D eigenvalue weighted by Crippen LogP contribution is 2.05. The molecule has 0 amide bonds. The molecule has 0 atom stereocenters. The number of fused-ring (bicyclic) bond motifs is 1. The van der Waals surface area contributed by atoms with Gasteiger partial charge < -0.3 is 9.97 Å². The van der Waals surface area contributed by atoms with Gasteiger partial charge in [0.05, 0.1) is 18.9 Å². The number of hydrogen-bond acceptors (Lipinski definition) is 5. The third-order valence-corrected chi connectivity index (χ3v) is 1.78. The molecule has 0 spiro atoms. The molecule has 2 N–H and O–H groups in total. The second-order valence-electron chi connectivity index (χ2n) is 2.57. The summed E-state index contributed by atoms with van der Waals surface area (Å²) in [6.45, 7) is 0. The highest BCUT2D eigenvalue weighted by Gasteiger charge is 1.96. The first-order valence-corrected chi connectivity index (χ1v) is 4.59. The van der Waals surface area contributed by atoms with Gasteiger partial charge in [0, 0.05) is 12.4 Å². The zero-order valence-corrected chi connectivity index (χ0v) is 8.52. The molecule has 0 unspecified atom stereocenters. The van der Waals surface area contributed by atoms with Crippen LogP contribution in [0.1, 0.15) is 0 Å². The minimum atomic E-state index is 0.444. The molecule has 0 saturated carbocycles. The van der Waals surface area contributed by atoms with Crippen molar-refractivity contribution in [3.63, 3.8) is 0 Å². The number of imidazole rings is 2. The maximum absolute atomic E-state index is 3.96. The van der Waals surface area contributed by atoms with Gasteiger partial charge in [-0.2, -0.15) is 0 Å². The lowest BCUT2D eigenvalue weighted by molar-refractivity contribution is 1.00. The number of H-pyrrole nitrogens is 2. The SMILES string of the molecule is Sc1ncc2[nH]cnc2n1.c1c[nH]cn1. The van der Waals surface area contributed by atoms with E-state index in [2.05, 4.69) is 42.5 Å². The summed E-state index contributed by atoms with van der Waals surface area (Å²) in [6.07, 6.45) is 8.31. The van der Waals surface area contributed by atoms with Gasteiger partial charge in [-0.25, -0.2) is 19.9 Å². The van der Waals surface area contributed by atoms with Gasteiger partial charge in [-0.05, 0) is 0 Å². The number of aromatic nitrogens is 6. The summed E-state index contributed by atoms with van der Waals surface area (Å²) in [5.74, 6) is 0. The predicted octanol–water partition coefficient (Wildman–Crippen LogP) is 1.05. The molecule has 0 bridgehead atoms. The summed E-state index contributed by atoms with van der Waals surface area (Å²) in [5, 5.41) is 0.444. The molecule has 0 saturated heterocycles. The molecule has 0 aliphatic heterocycles. The van der Waals surface area contributed by atoms with Crippen molar-refractivity contribution in [3.8, 4) is 0 Å². The monoisotopic (exact) mass is 220 g/mol. The largest absolute Gasteiger partial charge is 0.351 e. The zero-order chi connectivity index (χ0) is 10.5. The van der Waals surface area contributed by atoms with Gasteiger partial charge in [0.1, 0.15) is 5.52 Å². The molecule has 0 aliphatic rings. The standard InChI is InChI=1S/C5H4N4S.C3H4N2/c10-5-6-1-3-4(9-5)8-2-7-3;1-2-5-3-4-1/h1-2H,(H2,6,7,8,9,10);1-3H,(H,4,5). The maximum Gasteiger partial charge on any atom is 0.186 e. The van der Waals surface area contributed by atoms with Crippen LogP contribution in [-0.2, 0) is 0 Å². The van der Waals surface area contributed by atoms with Gasteiger partial charge in [-0.15, -0.1) is 12.6 Å². The van der Waals surface area contributed by atoms with Crippen LogP contribution in [0.4, 0.5) is 0 Å². The average Bonchev–Trinajstić information content (AvgIpc) is 2.91. The summed E-state index contributed by atoms with van der Waals surface area (Å²) in [6, 6.07) is 0. The molecule has 3 heterocycles. The predicted molar refractivity (Wildman–Crippen MR) is 57.5 cm³/mol. The molecule has 15 heavy (non-hydrogen) atoms. The summed E-state index contributed by atoms with van der Waals surface area (Å²) in [5.41, 5.74) is 1.48. The van der Waals surface area contributed by atoms with E-state index in [1.807, 2.05) is 0 Å². The van der Waals surface area contributed by atoms with Crippen molar-refractivity contribution in [1.82, 2.24) is 29.9 Å². The Kier molecular flexibility index (Phi) is 2.93. The lowest BCUT2D eigenvalue weighted by atomic mass is 10.6. The number of nitrogens with zero attached hydrogens (tertiary/aromatic N) is 4. The van der Waals surface area contributed by atoms with Crippen LogP contribution in [0.15, 0.2) is 36.4 Å². The van der Waals surface area contributed by atoms with Crippen molar-refractivity contribution in [2.45, 2.75) is 5.16 Å². The highest BCUT2D eigenvalue weighted by molar-refractivity contribution is 7.80. The van der Waals surface area contributed by atoms with Crippen LogP contribution in [0, 0.1) is 0 Å². The van der Waals surface area contributed by atoms with Crippen molar-refractivity contribution in [3.05, 3.63) is 31.2 Å². The Balaban J connectivity index is 0.000000144. The van der Waals surface area contributed by atoms with Crippen LogP contribution in [0.3, 0.4) is 0 Å². The fourth-order valence-corrected chi connectivity index (χ4v) is 1.09. The minimum absolute atomic E-state index is 0.444. The molecule has 6 nitrogen and oxygen atoms in total. The molecule has 3 aromatic rings. The summed E-state index contributed by atoms with van der Waals surface area (Å²) in [7, 11) is 0. The topological polar surface area (TPSA) is 83.1 Å². The molecule has 3 aromatic heterocycles. The van der Waals surface area contributed by atoms with E-state index in [1.54, 1.807) is 31.2 Å². The van der Waals surface area contributed by atoms with E-state index < -0.39 is 0 Å². The number of rotatable bonds is 0. The van der Waals surface area contributed by atoms with Gasteiger partial charge >= 0.3 is 0 Å². The lowest BCUT2D eigenvalue weighted by Gasteiger charge is -1.86. The van der Waals surface area contributed by atoms with Crippen LogP contribution >= 0.6 is 12.6 Å². The van der Waals surface area contributed by atoms with Crippen molar-refractivity contribution in [2.24, 2.45) is 0 Å². The minimum Gasteiger partial charge on any atom is -0.351 e. The quantitative estimate of drug-likeness (QED) is 0.390. The molecule has 0 radical (unpaired) electrons. The second kappa shape index (κ2) is 4.56. The van der Waals surface area contributed by atoms with E-state index in [0.29, 0.717) is 10.8 Å². The second-order valence-corrected chi connectivity index (χ2v) is 2.97. The third kappa shape index (κ3) is 2.53. The molecule has 0 fully saturated rings. The molecule has 0 aromatic carbocycles. The fourth-order valence-electron chi connectivity index (χ4n) is 0.942. The number of nitrogens with one attached hydrogen (secondary N) is 2. The van der Waals surface area contributed by atoms with Crippen LogP contribution in [-0.4, -0.2) is 29.9 Å². The average molecular weight is 220 g/mol. The van der Waals surface area contributed by atoms with Crippen molar-refractivity contribution >= 4 is 23.8 Å². The Morgan fingerprint density at radius 3 is 2.80 bits per heavy atom. The fraction of sp³-hybridized carbons (Fsp3) is 0. The van der Waals surface area contributed by atoms with Crippen molar-refractivity contribution < 1.29 is 0 Å². The van der Waals surface area contributed by atoms with Crippen LogP contribution in [0.2, 0.25) is 0 Å². The first-order chi connectivity index (χ1) is 7.36. The zero-order valence-electron chi connectivity index (χ0n) is 7.62. The first-order valence-electron chi connectivity index (χ1n) is 4.14. The number of aromatic amines is 2. The first kappa shape index (κ1) is 9.66. The molecular formula is C8H8N6S. The molecular weight excluding hydrogens is 212 g/mol. The lowest BCUT2D eigenvalue weighted by Crippen LogP contribution is -1.82. The molecule has 7 heteroatoms.